The molecule has 0 saturated carbocycles. The quantitative estimate of drug-likeness (QED) is 0.646. The first-order valence-electron chi connectivity index (χ1n) is 10.3. The number of hydrogen-bond donors (Lipinski definition) is 0. The van der Waals surface area contributed by atoms with Crippen molar-refractivity contribution in [3.63, 3.8) is 0 Å². The molecule has 0 unspecified atom stereocenters. The van der Waals surface area contributed by atoms with Gasteiger partial charge in [0.2, 0.25) is 5.71 Å². The van der Waals surface area contributed by atoms with Crippen LogP contribution in [-0.4, -0.2) is 40.6 Å². The number of carbonyl (C=O) groups is 1. The van der Waals surface area contributed by atoms with Crippen molar-refractivity contribution in [2.24, 2.45) is 13.0 Å². The van der Waals surface area contributed by atoms with Crippen LogP contribution >= 0.6 is 0 Å². The topological polar surface area (TPSA) is 77.6 Å². The van der Waals surface area contributed by atoms with Crippen molar-refractivity contribution in [1.29, 1.82) is 0 Å². The lowest BCUT2D eigenvalue weighted by Crippen LogP contribution is -2.39. The van der Waals surface area contributed by atoms with Crippen LogP contribution in [0.4, 0.5) is 0 Å². The van der Waals surface area contributed by atoms with Crippen LogP contribution in [0.3, 0.4) is 0 Å². The lowest BCUT2D eigenvalue weighted by molar-refractivity contribution is 0.0687. The molecule has 0 N–H and O–H groups in total. The molecule has 1 amide bonds. The fraction of sp³-hybridized carbons (Fsp3) is 0.435. The molecule has 1 aromatic carbocycles. The number of furan rings is 1. The van der Waals surface area contributed by atoms with Gasteiger partial charge in [-0.1, -0.05) is 12.1 Å². The Morgan fingerprint density at radius 3 is 2.60 bits per heavy atom. The van der Waals surface area contributed by atoms with Gasteiger partial charge in [-0.2, -0.15) is 0 Å². The fourth-order valence-corrected chi connectivity index (χ4v) is 4.19. The zero-order valence-corrected chi connectivity index (χ0v) is 17.7. The minimum atomic E-state index is -0.255. The van der Waals surface area contributed by atoms with E-state index in [2.05, 4.69) is 17.1 Å². The summed E-state index contributed by atoms with van der Waals surface area (Å²) in [6, 6.07) is 8.21. The van der Waals surface area contributed by atoms with E-state index in [1.54, 1.807) is 21.1 Å². The summed E-state index contributed by atoms with van der Waals surface area (Å²) in [5.41, 5.74) is 1.64. The number of ether oxygens (including phenoxy) is 1. The van der Waals surface area contributed by atoms with Gasteiger partial charge in [-0.25, -0.2) is 4.98 Å². The molecule has 7 heteroatoms. The standard InChI is InChI=1S/C23H27N3O4/c1-15-19(20-21(30-15)24-14-25(2)22(20)27)23(28)26-12-10-17(11-13-26)5-4-16-6-8-18(29-3)9-7-16/h6-9,14,17H,4-5,10-13H2,1-3H3. The second kappa shape index (κ2) is 8.34. The number of fused-ring (bicyclic) bond motifs is 1. The van der Waals surface area contributed by atoms with Gasteiger partial charge in [0.1, 0.15) is 23.2 Å². The highest BCUT2D eigenvalue weighted by molar-refractivity contribution is 6.06. The molecule has 30 heavy (non-hydrogen) atoms. The molecule has 0 spiro atoms. The first-order chi connectivity index (χ1) is 14.5. The summed E-state index contributed by atoms with van der Waals surface area (Å²) in [5.74, 6) is 1.78. The molecule has 1 aliphatic heterocycles. The molecule has 0 radical (unpaired) electrons. The van der Waals surface area contributed by atoms with Crippen LogP contribution in [0.5, 0.6) is 5.75 Å². The van der Waals surface area contributed by atoms with Gasteiger partial charge in [0.05, 0.1) is 12.7 Å². The third-order valence-electron chi connectivity index (χ3n) is 6.06. The maximum absolute atomic E-state index is 13.2. The number of aryl methyl sites for hydroxylation is 3. The summed E-state index contributed by atoms with van der Waals surface area (Å²) in [6.45, 7) is 3.10. The zero-order chi connectivity index (χ0) is 21.3. The van der Waals surface area contributed by atoms with Crippen LogP contribution in [0.25, 0.3) is 11.1 Å². The molecule has 2 aromatic heterocycles. The highest BCUT2D eigenvalue weighted by Gasteiger charge is 2.29. The number of rotatable bonds is 5. The van der Waals surface area contributed by atoms with Gasteiger partial charge in [-0.3, -0.25) is 9.59 Å². The zero-order valence-electron chi connectivity index (χ0n) is 17.7. The number of benzene rings is 1. The predicted molar refractivity (Wildman–Crippen MR) is 114 cm³/mol. The minimum Gasteiger partial charge on any atom is -0.497 e. The lowest BCUT2D eigenvalue weighted by atomic mass is 9.90. The molecule has 0 bridgehead atoms. The van der Waals surface area contributed by atoms with Gasteiger partial charge in [-0.05, 0) is 56.2 Å². The van der Waals surface area contributed by atoms with Crippen LogP contribution in [-0.2, 0) is 13.5 Å². The lowest BCUT2D eigenvalue weighted by Gasteiger charge is -2.32. The second-order valence-electron chi connectivity index (χ2n) is 8.00. The van der Waals surface area contributed by atoms with E-state index in [-0.39, 0.29) is 22.6 Å². The van der Waals surface area contributed by atoms with Crippen molar-refractivity contribution < 1.29 is 13.9 Å². The molecule has 3 aromatic rings. The third kappa shape index (κ3) is 3.84. The van der Waals surface area contributed by atoms with Crippen molar-refractivity contribution in [2.75, 3.05) is 20.2 Å². The maximum Gasteiger partial charge on any atom is 0.265 e. The Bertz CT molecular complexity index is 1110. The molecule has 1 saturated heterocycles. The fourth-order valence-electron chi connectivity index (χ4n) is 4.19. The molecule has 1 fully saturated rings. The van der Waals surface area contributed by atoms with Crippen molar-refractivity contribution in [1.82, 2.24) is 14.5 Å². The van der Waals surface area contributed by atoms with E-state index in [9.17, 15) is 9.59 Å². The summed E-state index contributed by atoms with van der Waals surface area (Å²) in [6.07, 6.45) is 5.47. The molecule has 7 nitrogen and oxygen atoms in total. The number of amides is 1. The van der Waals surface area contributed by atoms with E-state index in [1.165, 1.54) is 16.5 Å². The van der Waals surface area contributed by atoms with E-state index < -0.39 is 0 Å². The van der Waals surface area contributed by atoms with E-state index in [1.807, 2.05) is 17.0 Å². The number of aromatic nitrogens is 2. The van der Waals surface area contributed by atoms with Gasteiger partial charge in [0, 0.05) is 20.1 Å². The molecule has 158 valence electrons. The maximum atomic E-state index is 13.2. The van der Waals surface area contributed by atoms with Gasteiger partial charge < -0.3 is 18.6 Å². The van der Waals surface area contributed by atoms with Crippen LogP contribution < -0.4 is 10.3 Å². The van der Waals surface area contributed by atoms with Crippen molar-refractivity contribution in [3.8, 4) is 5.75 Å². The largest absolute Gasteiger partial charge is 0.497 e. The van der Waals surface area contributed by atoms with Crippen LogP contribution in [0.2, 0.25) is 0 Å². The minimum absolute atomic E-state index is 0.134. The van der Waals surface area contributed by atoms with E-state index in [0.717, 1.165) is 31.4 Å². The van der Waals surface area contributed by atoms with Crippen LogP contribution in [0.1, 0.15) is 40.9 Å². The van der Waals surface area contributed by atoms with Crippen molar-refractivity contribution in [2.45, 2.75) is 32.6 Å². The molecular formula is C23H27N3O4. The highest BCUT2D eigenvalue weighted by atomic mass is 16.5. The second-order valence-corrected chi connectivity index (χ2v) is 8.00. The summed E-state index contributed by atoms with van der Waals surface area (Å²) < 4.78 is 12.2. The number of piperidine rings is 1. The molecule has 0 aliphatic carbocycles. The summed E-state index contributed by atoms with van der Waals surface area (Å²) in [7, 11) is 3.30. The molecule has 0 atom stereocenters. The summed E-state index contributed by atoms with van der Waals surface area (Å²) in [5, 5.41) is 0.282. The molecule has 1 aliphatic rings. The van der Waals surface area contributed by atoms with Gasteiger partial charge >= 0.3 is 0 Å². The van der Waals surface area contributed by atoms with Gasteiger partial charge in [-0.15, -0.1) is 0 Å². The number of likely N-dealkylation sites (tertiary alicyclic amines) is 1. The SMILES string of the molecule is COc1ccc(CCC2CCN(C(=O)c3c(C)oc4ncn(C)c(=O)c34)CC2)cc1. The van der Waals surface area contributed by atoms with Crippen LogP contribution in [0.15, 0.2) is 39.8 Å². The van der Waals surface area contributed by atoms with Crippen molar-refractivity contribution in [3.05, 3.63) is 57.8 Å². The van der Waals surface area contributed by atoms with Crippen molar-refractivity contribution >= 4 is 17.0 Å². The van der Waals surface area contributed by atoms with E-state index in [0.29, 0.717) is 30.3 Å². The Hall–Kier alpha value is -3.09. The van der Waals surface area contributed by atoms with Gasteiger partial charge in [0.25, 0.3) is 11.5 Å². The van der Waals surface area contributed by atoms with Crippen LogP contribution in [0, 0.1) is 12.8 Å². The predicted octanol–water partition coefficient (Wildman–Crippen LogP) is 3.33. The van der Waals surface area contributed by atoms with E-state index >= 15 is 0 Å². The normalized spacial score (nSPS) is 15.0. The Balaban J connectivity index is 1.40. The summed E-state index contributed by atoms with van der Waals surface area (Å²) in [4.78, 5) is 31.7. The highest BCUT2D eigenvalue weighted by Crippen LogP contribution is 2.27. The number of carbonyl (C=O) groups excluding carboxylic acids is 1. The Morgan fingerprint density at radius 2 is 1.93 bits per heavy atom. The van der Waals surface area contributed by atoms with E-state index in [4.69, 9.17) is 9.15 Å². The number of nitrogens with zero attached hydrogens (tertiary/aromatic N) is 3. The molecule has 4 rings (SSSR count). The monoisotopic (exact) mass is 409 g/mol. The first-order valence-corrected chi connectivity index (χ1v) is 10.3. The summed E-state index contributed by atoms with van der Waals surface area (Å²) >= 11 is 0. The molecule has 3 heterocycles. The number of hydrogen-bond acceptors (Lipinski definition) is 5. The third-order valence-corrected chi connectivity index (χ3v) is 6.06. The number of methoxy groups -OCH3 is 1. The molecular weight excluding hydrogens is 382 g/mol. The first kappa shape index (κ1) is 20.2. The van der Waals surface area contributed by atoms with Gasteiger partial charge in [0.15, 0.2) is 0 Å². The smallest absolute Gasteiger partial charge is 0.265 e. The average molecular weight is 409 g/mol. The Morgan fingerprint density at radius 1 is 1.23 bits per heavy atom. The average Bonchev–Trinajstić information content (AvgIpc) is 3.11. The Kier molecular flexibility index (Phi) is 5.61. The Labute approximate surface area is 175 Å².